The lowest BCUT2D eigenvalue weighted by Crippen LogP contribution is -2.27. The van der Waals surface area contributed by atoms with Crippen molar-refractivity contribution < 1.29 is 17.9 Å². The van der Waals surface area contributed by atoms with Crippen molar-refractivity contribution in [2.75, 3.05) is 13.2 Å². The Morgan fingerprint density at radius 1 is 1.31 bits per heavy atom. The molecule has 3 nitrogen and oxygen atoms in total. The zero-order valence-corrected chi connectivity index (χ0v) is 8.21. The molecule has 6 heteroatoms. The molecular weight excluding hydrogens is 221 g/mol. The van der Waals surface area contributed by atoms with Gasteiger partial charge in [-0.15, -0.1) is 0 Å². The van der Waals surface area contributed by atoms with E-state index in [1.54, 1.807) is 0 Å². The molecule has 1 aliphatic heterocycles. The first-order valence-electron chi connectivity index (χ1n) is 4.62. The van der Waals surface area contributed by atoms with Crippen LogP contribution in [-0.2, 0) is 4.74 Å². The molecule has 0 aliphatic carbocycles. The van der Waals surface area contributed by atoms with Gasteiger partial charge >= 0.3 is 0 Å². The van der Waals surface area contributed by atoms with E-state index < -0.39 is 23.5 Å². The smallest absolute Gasteiger partial charge is 0.164 e. The van der Waals surface area contributed by atoms with E-state index in [0.29, 0.717) is 6.07 Å². The molecule has 0 amide bonds. The van der Waals surface area contributed by atoms with Crippen molar-refractivity contribution >= 4 is 5.84 Å². The highest BCUT2D eigenvalue weighted by Gasteiger charge is 2.22. The van der Waals surface area contributed by atoms with Crippen LogP contribution in [0.2, 0.25) is 0 Å². The number of ether oxygens (including phenoxy) is 1. The highest BCUT2D eigenvalue weighted by molar-refractivity contribution is 5.82. The monoisotopic (exact) mass is 230 g/mol. The molecule has 1 aliphatic rings. The predicted molar refractivity (Wildman–Crippen MR) is 51.5 cm³/mol. The van der Waals surface area contributed by atoms with Gasteiger partial charge < -0.3 is 10.5 Å². The van der Waals surface area contributed by atoms with Crippen LogP contribution in [0.5, 0.6) is 0 Å². The Labute approximate surface area is 89.7 Å². The third-order valence-electron chi connectivity index (χ3n) is 2.23. The minimum atomic E-state index is -1.24. The maximum absolute atomic E-state index is 13.4. The van der Waals surface area contributed by atoms with Crippen LogP contribution in [0.4, 0.5) is 13.2 Å². The van der Waals surface area contributed by atoms with Crippen molar-refractivity contribution in [3.05, 3.63) is 35.1 Å². The lowest BCUT2D eigenvalue weighted by Gasteiger charge is -2.19. The van der Waals surface area contributed by atoms with E-state index in [9.17, 15) is 13.2 Å². The molecule has 16 heavy (non-hydrogen) atoms. The van der Waals surface area contributed by atoms with Gasteiger partial charge in [-0.25, -0.2) is 13.2 Å². The van der Waals surface area contributed by atoms with Gasteiger partial charge in [0.05, 0.1) is 6.61 Å². The van der Waals surface area contributed by atoms with E-state index >= 15 is 0 Å². The molecule has 0 radical (unpaired) electrons. The van der Waals surface area contributed by atoms with Gasteiger partial charge in [-0.3, -0.25) is 4.99 Å². The van der Waals surface area contributed by atoms with Gasteiger partial charge in [-0.05, 0) is 6.07 Å². The zero-order valence-electron chi connectivity index (χ0n) is 8.21. The first-order valence-corrected chi connectivity index (χ1v) is 4.62. The number of nitrogens with two attached hydrogens (primary N) is 1. The Balaban J connectivity index is 2.43. The Kier molecular flexibility index (Phi) is 2.82. The van der Waals surface area contributed by atoms with Crippen molar-refractivity contribution in [2.45, 2.75) is 6.04 Å². The summed E-state index contributed by atoms with van der Waals surface area (Å²) >= 11 is 0. The fraction of sp³-hybridized carbons (Fsp3) is 0.300. The van der Waals surface area contributed by atoms with Crippen LogP contribution in [0.25, 0.3) is 0 Å². The normalized spacial score (nSPS) is 20.7. The van der Waals surface area contributed by atoms with Crippen LogP contribution < -0.4 is 5.73 Å². The van der Waals surface area contributed by atoms with Gasteiger partial charge in [-0.2, -0.15) is 0 Å². The maximum atomic E-state index is 13.4. The van der Waals surface area contributed by atoms with Gasteiger partial charge in [0.25, 0.3) is 0 Å². The average Bonchev–Trinajstić information content (AvgIpc) is 2.23. The highest BCUT2D eigenvalue weighted by Crippen LogP contribution is 2.25. The standard InChI is InChI=1S/C10H9F3N2O/c11-5-1-6(10(13)7(12)2-5)8-3-16-4-9(14)15-8/h1-2,8H,3-4H2,(H2,14,15). The number of benzene rings is 1. The SMILES string of the molecule is NC1=NC(c2cc(F)cc(F)c2F)COC1. The summed E-state index contributed by atoms with van der Waals surface area (Å²) in [7, 11) is 0. The third kappa shape index (κ3) is 2.01. The lowest BCUT2D eigenvalue weighted by molar-refractivity contribution is 0.142. The summed E-state index contributed by atoms with van der Waals surface area (Å²) < 4.78 is 44.3. The summed E-state index contributed by atoms with van der Waals surface area (Å²) in [5.74, 6) is -3.03. The first kappa shape index (κ1) is 10.9. The molecule has 2 N–H and O–H groups in total. The van der Waals surface area contributed by atoms with E-state index in [2.05, 4.69) is 4.99 Å². The minimum Gasteiger partial charge on any atom is -0.386 e. The molecular formula is C10H9F3N2O. The average molecular weight is 230 g/mol. The molecule has 2 rings (SSSR count). The second kappa shape index (κ2) is 4.13. The molecule has 86 valence electrons. The molecule has 0 saturated heterocycles. The van der Waals surface area contributed by atoms with Gasteiger partial charge in [-0.1, -0.05) is 0 Å². The summed E-state index contributed by atoms with van der Waals surface area (Å²) in [4.78, 5) is 3.89. The Bertz CT molecular complexity index is 448. The van der Waals surface area contributed by atoms with Crippen LogP contribution in [0.15, 0.2) is 17.1 Å². The molecule has 1 unspecified atom stereocenters. The second-order valence-corrected chi connectivity index (χ2v) is 3.44. The quantitative estimate of drug-likeness (QED) is 0.744. The molecule has 1 aromatic carbocycles. The predicted octanol–water partition coefficient (Wildman–Crippen LogP) is 1.53. The fourth-order valence-corrected chi connectivity index (χ4v) is 1.53. The van der Waals surface area contributed by atoms with Crippen molar-refractivity contribution in [3.63, 3.8) is 0 Å². The molecule has 1 heterocycles. The minimum absolute atomic E-state index is 0.0561. The lowest BCUT2D eigenvalue weighted by atomic mass is 10.1. The van der Waals surface area contributed by atoms with Crippen LogP contribution in [0.1, 0.15) is 11.6 Å². The molecule has 1 atom stereocenters. The number of hydrogen-bond acceptors (Lipinski definition) is 3. The van der Waals surface area contributed by atoms with Crippen LogP contribution in [0.3, 0.4) is 0 Å². The maximum Gasteiger partial charge on any atom is 0.164 e. The summed E-state index contributed by atoms with van der Waals surface area (Å²) in [5.41, 5.74) is 5.22. The molecule has 0 saturated carbocycles. The summed E-state index contributed by atoms with van der Waals surface area (Å²) in [6.07, 6.45) is 0. The van der Waals surface area contributed by atoms with Crippen molar-refractivity contribution in [2.24, 2.45) is 10.7 Å². The van der Waals surface area contributed by atoms with Crippen LogP contribution >= 0.6 is 0 Å². The number of hydrogen-bond donors (Lipinski definition) is 1. The van der Waals surface area contributed by atoms with Crippen molar-refractivity contribution in [1.82, 2.24) is 0 Å². The molecule has 0 bridgehead atoms. The van der Waals surface area contributed by atoms with Crippen LogP contribution in [0, 0.1) is 17.5 Å². The Hall–Kier alpha value is -1.56. The van der Waals surface area contributed by atoms with Crippen molar-refractivity contribution in [1.29, 1.82) is 0 Å². The number of amidine groups is 1. The second-order valence-electron chi connectivity index (χ2n) is 3.44. The number of aliphatic imine (C=N–C) groups is 1. The largest absolute Gasteiger partial charge is 0.386 e. The molecule has 0 fully saturated rings. The molecule has 0 aromatic heterocycles. The number of nitrogens with zero attached hydrogens (tertiary/aromatic N) is 1. The Morgan fingerprint density at radius 2 is 2.06 bits per heavy atom. The van der Waals surface area contributed by atoms with E-state index in [0.717, 1.165) is 6.07 Å². The molecule has 0 spiro atoms. The molecule has 1 aromatic rings. The van der Waals surface area contributed by atoms with Gasteiger partial charge in [0, 0.05) is 11.6 Å². The summed E-state index contributed by atoms with van der Waals surface area (Å²) in [6.45, 7) is 0.205. The zero-order chi connectivity index (χ0) is 11.7. The van der Waals surface area contributed by atoms with Gasteiger partial charge in [0.1, 0.15) is 24.3 Å². The summed E-state index contributed by atoms with van der Waals surface area (Å²) in [5, 5.41) is 0. The highest BCUT2D eigenvalue weighted by atomic mass is 19.2. The van der Waals surface area contributed by atoms with Gasteiger partial charge in [0.2, 0.25) is 0 Å². The first-order chi connectivity index (χ1) is 7.58. The fourth-order valence-electron chi connectivity index (χ4n) is 1.53. The van der Waals surface area contributed by atoms with Crippen LogP contribution in [-0.4, -0.2) is 19.0 Å². The topological polar surface area (TPSA) is 47.6 Å². The van der Waals surface area contributed by atoms with E-state index in [4.69, 9.17) is 10.5 Å². The van der Waals surface area contributed by atoms with Crippen molar-refractivity contribution in [3.8, 4) is 0 Å². The Morgan fingerprint density at radius 3 is 2.75 bits per heavy atom. The summed E-state index contributed by atoms with van der Waals surface area (Å²) in [6, 6.07) is 0.586. The van der Waals surface area contributed by atoms with E-state index in [1.807, 2.05) is 0 Å². The number of rotatable bonds is 1. The third-order valence-corrected chi connectivity index (χ3v) is 2.23. The van der Waals surface area contributed by atoms with Gasteiger partial charge in [0.15, 0.2) is 11.6 Å². The van der Waals surface area contributed by atoms with E-state index in [-0.39, 0.29) is 24.6 Å². The van der Waals surface area contributed by atoms with E-state index in [1.165, 1.54) is 0 Å². The number of halogens is 3.